The first-order valence-corrected chi connectivity index (χ1v) is 8.91. The predicted octanol–water partition coefficient (Wildman–Crippen LogP) is 2.32. The van der Waals surface area contributed by atoms with Gasteiger partial charge < -0.3 is 14.5 Å². The van der Waals surface area contributed by atoms with Gasteiger partial charge in [0.25, 0.3) is 0 Å². The third-order valence-electron chi connectivity index (χ3n) is 5.56. The number of hydrogen-bond donors (Lipinski definition) is 1. The molecule has 1 spiro atoms. The first-order valence-electron chi connectivity index (χ1n) is 8.91. The van der Waals surface area contributed by atoms with Crippen LogP contribution in [0, 0.1) is 5.92 Å². The monoisotopic (exact) mass is 318 g/mol. The van der Waals surface area contributed by atoms with Gasteiger partial charge in [0, 0.05) is 31.7 Å². The lowest BCUT2D eigenvalue weighted by atomic mass is 9.88. The highest BCUT2D eigenvalue weighted by atomic mass is 16.5. The van der Waals surface area contributed by atoms with Crippen LogP contribution in [0.4, 0.5) is 0 Å². The number of piperidine rings is 1. The van der Waals surface area contributed by atoms with Crippen LogP contribution in [0.5, 0.6) is 0 Å². The molecule has 0 bridgehead atoms. The minimum Gasteiger partial charge on any atom is -0.472 e. The summed E-state index contributed by atoms with van der Waals surface area (Å²) >= 11 is 0. The number of carbonyl (C=O) groups is 1. The summed E-state index contributed by atoms with van der Waals surface area (Å²) in [4.78, 5) is 14.7. The summed E-state index contributed by atoms with van der Waals surface area (Å²) in [6.45, 7) is 3.84. The van der Waals surface area contributed by atoms with E-state index in [9.17, 15) is 4.79 Å². The van der Waals surface area contributed by atoms with Crippen molar-refractivity contribution in [1.29, 1.82) is 0 Å². The Labute approximate surface area is 137 Å². The first kappa shape index (κ1) is 15.2. The molecule has 1 aliphatic carbocycles. The van der Waals surface area contributed by atoms with Crippen LogP contribution in [0.3, 0.4) is 0 Å². The zero-order chi connectivity index (χ0) is 15.7. The third-order valence-corrected chi connectivity index (χ3v) is 5.56. The van der Waals surface area contributed by atoms with Crippen LogP contribution in [0.25, 0.3) is 0 Å². The summed E-state index contributed by atoms with van der Waals surface area (Å²) in [6.07, 6.45) is 9.79. The highest BCUT2D eigenvalue weighted by Gasteiger charge is 2.44. The van der Waals surface area contributed by atoms with Gasteiger partial charge in [-0.1, -0.05) is 0 Å². The van der Waals surface area contributed by atoms with Crippen LogP contribution in [0.1, 0.15) is 44.1 Å². The molecular formula is C18H26N2O3. The van der Waals surface area contributed by atoms with Gasteiger partial charge in [-0.25, -0.2) is 0 Å². The lowest BCUT2D eigenvalue weighted by Gasteiger charge is -2.38. The number of furan rings is 1. The van der Waals surface area contributed by atoms with E-state index >= 15 is 0 Å². The number of amides is 1. The molecular weight excluding hydrogens is 292 g/mol. The van der Waals surface area contributed by atoms with E-state index in [0.717, 1.165) is 57.8 Å². The maximum atomic E-state index is 12.2. The van der Waals surface area contributed by atoms with Crippen LogP contribution >= 0.6 is 0 Å². The highest BCUT2D eigenvalue weighted by Crippen LogP contribution is 2.39. The number of nitrogens with one attached hydrogen (secondary N) is 1. The number of likely N-dealkylation sites (tertiary alicyclic amines) is 1. The quantitative estimate of drug-likeness (QED) is 0.905. The molecule has 3 fully saturated rings. The second kappa shape index (κ2) is 6.29. The highest BCUT2D eigenvalue weighted by molar-refractivity contribution is 5.81. The third kappa shape index (κ3) is 3.61. The number of carbonyl (C=O) groups excluding carboxylic acids is 1. The second-order valence-corrected chi connectivity index (χ2v) is 7.42. The van der Waals surface area contributed by atoms with E-state index in [1.807, 2.05) is 12.3 Å². The molecule has 1 saturated carbocycles. The smallest absolute Gasteiger partial charge is 0.249 e. The zero-order valence-electron chi connectivity index (χ0n) is 13.6. The topological polar surface area (TPSA) is 54.7 Å². The van der Waals surface area contributed by atoms with E-state index in [-0.39, 0.29) is 17.6 Å². The number of nitrogens with zero attached hydrogens (tertiary/aromatic N) is 1. The number of hydrogen-bond acceptors (Lipinski definition) is 4. The fraction of sp³-hybridized carbons (Fsp3) is 0.722. The Bertz CT molecular complexity index is 530. The Balaban J connectivity index is 1.25. The molecule has 1 N–H and O–H groups in total. The Morgan fingerprint density at radius 3 is 2.78 bits per heavy atom. The Hall–Kier alpha value is -1.33. The summed E-state index contributed by atoms with van der Waals surface area (Å²) < 4.78 is 11.4. The largest absolute Gasteiger partial charge is 0.472 e. The van der Waals surface area contributed by atoms with Crippen LogP contribution < -0.4 is 5.32 Å². The molecule has 1 atom stereocenters. The number of ether oxygens (including phenoxy) is 1. The first-order chi connectivity index (χ1) is 11.2. The fourth-order valence-electron chi connectivity index (χ4n) is 3.81. The van der Waals surface area contributed by atoms with E-state index in [1.54, 1.807) is 6.26 Å². The van der Waals surface area contributed by atoms with Crippen molar-refractivity contribution in [2.75, 3.05) is 19.6 Å². The van der Waals surface area contributed by atoms with Crippen LogP contribution in [0.2, 0.25) is 0 Å². The summed E-state index contributed by atoms with van der Waals surface area (Å²) in [7, 11) is 0. The summed E-state index contributed by atoms with van der Waals surface area (Å²) in [5.74, 6) is 0.829. The average molecular weight is 318 g/mol. The Morgan fingerprint density at radius 2 is 2.09 bits per heavy atom. The average Bonchev–Trinajstić information content (AvgIpc) is 3.08. The van der Waals surface area contributed by atoms with Gasteiger partial charge in [-0.3, -0.25) is 9.69 Å². The molecule has 5 heteroatoms. The molecule has 1 aromatic heterocycles. The summed E-state index contributed by atoms with van der Waals surface area (Å²) in [6, 6.07) is 2.02. The molecule has 3 heterocycles. The van der Waals surface area contributed by atoms with Crippen molar-refractivity contribution in [1.82, 2.24) is 10.2 Å². The van der Waals surface area contributed by atoms with Gasteiger partial charge in [0.1, 0.15) is 6.10 Å². The Kier molecular flexibility index (Phi) is 4.16. The molecule has 3 aliphatic rings. The van der Waals surface area contributed by atoms with Crippen molar-refractivity contribution in [3.05, 3.63) is 24.2 Å². The lowest BCUT2D eigenvalue weighted by Crippen LogP contribution is -2.45. The molecule has 23 heavy (non-hydrogen) atoms. The van der Waals surface area contributed by atoms with Crippen LogP contribution in [0.15, 0.2) is 23.0 Å². The van der Waals surface area contributed by atoms with E-state index in [2.05, 4.69) is 10.2 Å². The van der Waals surface area contributed by atoms with Gasteiger partial charge in [0.15, 0.2) is 0 Å². The lowest BCUT2D eigenvalue weighted by molar-refractivity contribution is -0.140. The molecule has 1 aromatic rings. The molecule has 5 nitrogen and oxygen atoms in total. The minimum atomic E-state index is -0.228. The maximum Gasteiger partial charge on any atom is 0.249 e. The number of rotatable bonds is 5. The normalized spacial score (nSPS) is 27.4. The van der Waals surface area contributed by atoms with E-state index in [4.69, 9.17) is 9.15 Å². The summed E-state index contributed by atoms with van der Waals surface area (Å²) in [5.41, 5.74) is 1.17. The molecule has 0 radical (unpaired) electrons. The van der Waals surface area contributed by atoms with Crippen molar-refractivity contribution in [3.8, 4) is 0 Å². The van der Waals surface area contributed by atoms with Crippen molar-refractivity contribution < 1.29 is 13.9 Å². The fourth-order valence-corrected chi connectivity index (χ4v) is 3.81. The van der Waals surface area contributed by atoms with E-state index in [0.29, 0.717) is 0 Å². The molecule has 2 aliphatic heterocycles. The molecule has 0 aromatic carbocycles. The van der Waals surface area contributed by atoms with Gasteiger partial charge >= 0.3 is 0 Å². The van der Waals surface area contributed by atoms with E-state index < -0.39 is 0 Å². The zero-order valence-corrected chi connectivity index (χ0v) is 13.6. The van der Waals surface area contributed by atoms with Crippen molar-refractivity contribution in [2.24, 2.45) is 5.92 Å². The second-order valence-electron chi connectivity index (χ2n) is 7.42. The van der Waals surface area contributed by atoms with Gasteiger partial charge in [-0.2, -0.15) is 0 Å². The molecule has 126 valence electrons. The van der Waals surface area contributed by atoms with Gasteiger partial charge in [0.2, 0.25) is 5.91 Å². The van der Waals surface area contributed by atoms with Gasteiger partial charge in [-0.05, 0) is 50.5 Å². The molecule has 4 rings (SSSR count). The molecule has 2 saturated heterocycles. The van der Waals surface area contributed by atoms with Crippen molar-refractivity contribution >= 4 is 5.91 Å². The van der Waals surface area contributed by atoms with Crippen molar-refractivity contribution in [3.63, 3.8) is 0 Å². The minimum absolute atomic E-state index is 0.0610. The van der Waals surface area contributed by atoms with Crippen molar-refractivity contribution in [2.45, 2.75) is 56.8 Å². The van der Waals surface area contributed by atoms with E-state index in [1.165, 1.54) is 18.4 Å². The van der Waals surface area contributed by atoms with Crippen LogP contribution in [-0.4, -0.2) is 42.1 Å². The molecule has 1 amide bonds. The maximum absolute atomic E-state index is 12.2. The van der Waals surface area contributed by atoms with Gasteiger partial charge in [-0.15, -0.1) is 0 Å². The molecule has 0 unspecified atom stereocenters. The SMILES string of the molecule is O=C(NCC1CC1)[C@H]1CCC2(CCN(Cc3ccoc3)CC2)O1. The Morgan fingerprint density at radius 1 is 1.26 bits per heavy atom. The van der Waals surface area contributed by atoms with Gasteiger partial charge in [0.05, 0.1) is 18.1 Å². The standard InChI is InChI=1S/C18H26N2O3/c21-17(19-11-14-1-2-14)16-3-5-18(23-16)6-8-20(9-7-18)12-15-4-10-22-13-15/h4,10,13-14,16H,1-3,5-9,11-12H2,(H,19,21)/t16-/m1/s1. The summed E-state index contributed by atoms with van der Waals surface area (Å²) in [5, 5.41) is 3.06. The van der Waals surface area contributed by atoms with Crippen LogP contribution in [-0.2, 0) is 16.1 Å². The predicted molar refractivity (Wildman–Crippen MR) is 85.8 cm³/mol.